The number of aliphatic carboxylic acids is 1. The molecular weight excluding hydrogens is 443 g/mol. The number of nitrogens with zero attached hydrogens (tertiary/aromatic N) is 1. The molecule has 1 amide bonds. The molecule has 8 nitrogen and oxygen atoms in total. The summed E-state index contributed by atoms with van der Waals surface area (Å²) in [5.41, 5.74) is 0.984. The van der Waals surface area contributed by atoms with Crippen molar-refractivity contribution in [3.8, 4) is 0 Å². The highest BCUT2D eigenvalue weighted by Gasteiger charge is 2.40. The summed E-state index contributed by atoms with van der Waals surface area (Å²) in [4.78, 5) is 39.6. The Morgan fingerprint density at radius 1 is 1.06 bits per heavy atom. The summed E-state index contributed by atoms with van der Waals surface area (Å²) in [6.45, 7) is 3.36. The van der Waals surface area contributed by atoms with Gasteiger partial charge in [-0.05, 0) is 22.9 Å². The average molecular weight is 470 g/mol. The van der Waals surface area contributed by atoms with Crippen LogP contribution in [0.4, 0.5) is 4.79 Å². The van der Waals surface area contributed by atoms with E-state index < -0.39 is 43.2 Å². The molecule has 0 radical (unpaired) electrons. The summed E-state index contributed by atoms with van der Waals surface area (Å²) in [7, 11) is -4.19. The van der Waals surface area contributed by atoms with Crippen molar-refractivity contribution in [3.63, 3.8) is 0 Å². The fraction of sp³-hybridized carbons (Fsp3) is 0.292. The second kappa shape index (κ2) is 10.6. The van der Waals surface area contributed by atoms with Crippen molar-refractivity contribution in [1.82, 2.24) is 10.3 Å². The van der Waals surface area contributed by atoms with Crippen molar-refractivity contribution < 1.29 is 28.9 Å². The maximum absolute atomic E-state index is 13.4. The van der Waals surface area contributed by atoms with E-state index in [0.29, 0.717) is 5.39 Å². The van der Waals surface area contributed by atoms with Gasteiger partial charge in [0.1, 0.15) is 18.3 Å². The molecule has 3 rings (SSSR count). The lowest BCUT2D eigenvalue weighted by atomic mass is 10.0. The molecule has 33 heavy (non-hydrogen) atoms. The second-order valence-corrected chi connectivity index (χ2v) is 10.6. The third kappa shape index (κ3) is 6.18. The number of hydrogen-bond acceptors (Lipinski definition) is 5. The fourth-order valence-corrected chi connectivity index (χ4v) is 6.01. The normalized spacial score (nSPS) is 14.9. The molecule has 0 saturated carbocycles. The van der Waals surface area contributed by atoms with E-state index in [0.717, 1.165) is 10.9 Å². The topological polar surface area (TPSA) is 126 Å². The lowest BCUT2D eigenvalue weighted by molar-refractivity contribution is -0.138. The number of amides is 1. The van der Waals surface area contributed by atoms with Crippen LogP contribution in [0.1, 0.15) is 31.0 Å². The molecule has 3 atom stereocenters. The molecule has 3 unspecified atom stereocenters. The highest BCUT2D eigenvalue weighted by Crippen LogP contribution is 2.51. The van der Waals surface area contributed by atoms with Gasteiger partial charge in [0.2, 0.25) is 7.37 Å². The van der Waals surface area contributed by atoms with Crippen molar-refractivity contribution in [2.75, 3.05) is 6.16 Å². The van der Waals surface area contributed by atoms with E-state index in [1.807, 2.05) is 30.3 Å². The molecule has 1 heterocycles. The Morgan fingerprint density at radius 2 is 1.73 bits per heavy atom. The number of fused-ring (bicyclic) bond motifs is 1. The van der Waals surface area contributed by atoms with Crippen LogP contribution in [0.15, 0.2) is 66.9 Å². The zero-order valence-corrected chi connectivity index (χ0v) is 19.3. The molecule has 0 bridgehead atoms. The average Bonchev–Trinajstić information content (AvgIpc) is 2.79. The van der Waals surface area contributed by atoms with Crippen LogP contribution in [0.3, 0.4) is 0 Å². The maximum Gasteiger partial charge on any atom is 0.408 e. The van der Waals surface area contributed by atoms with Gasteiger partial charge in [0.15, 0.2) is 0 Å². The predicted octanol–water partition coefficient (Wildman–Crippen LogP) is 4.58. The number of rotatable bonds is 9. The summed E-state index contributed by atoms with van der Waals surface area (Å²) < 4.78 is 18.6. The summed E-state index contributed by atoms with van der Waals surface area (Å²) in [6, 6.07) is 17.9. The largest absolute Gasteiger partial charge is 0.481 e. The van der Waals surface area contributed by atoms with E-state index in [1.165, 1.54) is 6.20 Å². The van der Waals surface area contributed by atoms with E-state index in [1.54, 1.807) is 44.2 Å². The van der Waals surface area contributed by atoms with Crippen molar-refractivity contribution >= 4 is 30.2 Å². The van der Waals surface area contributed by atoms with Crippen molar-refractivity contribution in [2.45, 2.75) is 32.2 Å². The Labute approximate surface area is 192 Å². The van der Waals surface area contributed by atoms with Gasteiger partial charge in [-0.3, -0.25) is 14.3 Å². The SMILES string of the molecule is CC(C)C(NC(=O)OCc1ccccc1)P(=O)(O)CC(C(=O)O)c1nccc2ccccc12. The number of alkyl carbamates (subject to hydrolysis) is 1. The number of carboxylic acids is 1. The Hall–Kier alpha value is -3.22. The number of carbonyl (C=O) groups excluding carboxylic acids is 1. The Balaban J connectivity index is 1.80. The molecule has 0 spiro atoms. The van der Waals surface area contributed by atoms with Crippen LogP contribution >= 0.6 is 7.37 Å². The highest BCUT2D eigenvalue weighted by molar-refractivity contribution is 7.58. The van der Waals surface area contributed by atoms with Gasteiger partial charge in [0.25, 0.3) is 0 Å². The summed E-state index contributed by atoms with van der Waals surface area (Å²) >= 11 is 0. The smallest absolute Gasteiger partial charge is 0.408 e. The van der Waals surface area contributed by atoms with Crippen LogP contribution in [0.2, 0.25) is 0 Å². The molecule has 2 aromatic carbocycles. The van der Waals surface area contributed by atoms with Crippen molar-refractivity contribution in [1.29, 1.82) is 0 Å². The van der Waals surface area contributed by atoms with Crippen molar-refractivity contribution in [3.05, 3.63) is 78.1 Å². The maximum atomic E-state index is 13.4. The molecule has 0 aliphatic carbocycles. The lowest BCUT2D eigenvalue weighted by Crippen LogP contribution is -2.40. The molecule has 9 heteroatoms. The monoisotopic (exact) mass is 470 g/mol. The molecule has 174 valence electrons. The Bertz CT molecular complexity index is 1160. The van der Waals surface area contributed by atoms with Gasteiger partial charge >= 0.3 is 12.1 Å². The predicted molar refractivity (Wildman–Crippen MR) is 125 cm³/mol. The van der Waals surface area contributed by atoms with Crippen LogP contribution in [0.5, 0.6) is 0 Å². The third-order valence-electron chi connectivity index (χ3n) is 5.32. The van der Waals surface area contributed by atoms with E-state index >= 15 is 0 Å². The zero-order chi connectivity index (χ0) is 24.0. The number of hydrogen-bond donors (Lipinski definition) is 3. The molecule has 0 fully saturated rings. The number of nitrogens with one attached hydrogen (secondary N) is 1. The molecule has 0 aliphatic rings. The first-order valence-corrected chi connectivity index (χ1v) is 12.5. The van der Waals surface area contributed by atoms with Gasteiger partial charge in [-0.1, -0.05) is 68.4 Å². The lowest BCUT2D eigenvalue weighted by Gasteiger charge is -2.28. The second-order valence-electron chi connectivity index (χ2n) is 8.14. The first kappa shape index (κ1) is 24.4. The minimum absolute atomic E-state index is 0.00486. The van der Waals surface area contributed by atoms with Gasteiger partial charge in [0.05, 0.1) is 5.69 Å². The number of aromatic nitrogens is 1. The quantitative estimate of drug-likeness (QED) is 0.391. The first-order chi connectivity index (χ1) is 15.7. The number of carbonyl (C=O) groups is 2. The van der Waals surface area contributed by atoms with Crippen LogP contribution in [-0.4, -0.2) is 39.0 Å². The van der Waals surface area contributed by atoms with Gasteiger partial charge in [0, 0.05) is 17.7 Å². The summed E-state index contributed by atoms with van der Waals surface area (Å²) in [6.07, 6.45) is 0.0576. The number of pyridine rings is 1. The molecular formula is C24H27N2O6P. The zero-order valence-electron chi connectivity index (χ0n) is 18.4. The fourth-order valence-electron chi connectivity index (χ4n) is 3.70. The number of benzene rings is 2. The molecule has 1 aromatic heterocycles. The Kier molecular flexibility index (Phi) is 7.84. The molecule has 3 N–H and O–H groups in total. The van der Waals surface area contributed by atoms with Gasteiger partial charge in [-0.15, -0.1) is 0 Å². The third-order valence-corrected chi connectivity index (χ3v) is 7.80. The van der Waals surface area contributed by atoms with Gasteiger partial charge < -0.3 is 20.1 Å². The summed E-state index contributed by atoms with van der Waals surface area (Å²) in [5, 5.41) is 13.7. The minimum Gasteiger partial charge on any atom is -0.481 e. The van der Waals surface area contributed by atoms with Crippen LogP contribution < -0.4 is 5.32 Å². The van der Waals surface area contributed by atoms with E-state index in [-0.39, 0.29) is 12.3 Å². The van der Waals surface area contributed by atoms with Gasteiger partial charge in [-0.2, -0.15) is 0 Å². The van der Waals surface area contributed by atoms with Crippen LogP contribution in [-0.2, 0) is 20.7 Å². The van der Waals surface area contributed by atoms with Crippen molar-refractivity contribution in [2.24, 2.45) is 5.92 Å². The highest BCUT2D eigenvalue weighted by atomic mass is 31.2. The molecule has 0 saturated heterocycles. The number of ether oxygens (including phenoxy) is 1. The standard InChI is InChI=1S/C24H27N2O6P/c1-16(2)22(26-24(29)32-14-17-8-4-3-5-9-17)33(30,31)15-20(23(27)28)21-19-11-7-6-10-18(19)12-13-25-21/h3-13,16,20,22H,14-15H2,1-2H3,(H,26,29)(H,27,28)(H,30,31). The van der Waals surface area contributed by atoms with Gasteiger partial charge in [-0.25, -0.2) is 4.79 Å². The first-order valence-electron chi connectivity index (χ1n) is 10.5. The van der Waals surface area contributed by atoms with E-state index in [2.05, 4.69) is 10.3 Å². The minimum atomic E-state index is -4.19. The van der Waals surface area contributed by atoms with Crippen LogP contribution in [0, 0.1) is 5.92 Å². The summed E-state index contributed by atoms with van der Waals surface area (Å²) in [5.74, 6) is -4.21. The molecule has 3 aromatic rings. The Morgan fingerprint density at radius 3 is 2.39 bits per heavy atom. The van der Waals surface area contributed by atoms with E-state index in [4.69, 9.17) is 4.74 Å². The van der Waals surface area contributed by atoms with E-state index in [9.17, 15) is 24.2 Å². The van der Waals surface area contributed by atoms with Crippen LogP contribution in [0.25, 0.3) is 10.8 Å². The number of carboxylic acid groups (broad SMARTS) is 1. The molecule has 0 aliphatic heterocycles.